The Morgan fingerprint density at radius 2 is 1.95 bits per heavy atom. The summed E-state index contributed by atoms with van der Waals surface area (Å²) in [6.45, 7) is 3.98. The monoisotopic (exact) mass is 383 g/mol. The van der Waals surface area contributed by atoms with Gasteiger partial charge in [-0.25, -0.2) is 0 Å². The third-order valence-electron chi connectivity index (χ3n) is 3.18. The van der Waals surface area contributed by atoms with Crippen LogP contribution in [-0.2, 0) is 13.1 Å². The lowest BCUT2D eigenvalue weighted by Gasteiger charge is -2.14. The average molecular weight is 385 g/mol. The van der Waals surface area contributed by atoms with Gasteiger partial charge >= 0.3 is 0 Å². The summed E-state index contributed by atoms with van der Waals surface area (Å²) >= 11 is 9.68. The first-order valence-electron chi connectivity index (χ1n) is 7.09. The van der Waals surface area contributed by atoms with E-state index >= 15 is 0 Å². The summed E-state index contributed by atoms with van der Waals surface area (Å²) in [5, 5.41) is 4.17. The molecule has 0 radical (unpaired) electrons. The fourth-order valence-electron chi connectivity index (χ4n) is 2.17. The van der Waals surface area contributed by atoms with Gasteiger partial charge in [-0.05, 0) is 52.2 Å². The van der Waals surface area contributed by atoms with E-state index in [1.807, 2.05) is 43.3 Å². The number of methoxy groups -OCH3 is 1. The van der Waals surface area contributed by atoms with Gasteiger partial charge < -0.3 is 14.8 Å². The average Bonchev–Trinajstić information content (AvgIpc) is 2.49. The molecule has 2 aromatic rings. The molecule has 1 N–H and O–H groups in total. The highest BCUT2D eigenvalue weighted by Gasteiger charge is 2.11. The van der Waals surface area contributed by atoms with Gasteiger partial charge in [-0.1, -0.05) is 29.8 Å². The van der Waals surface area contributed by atoms with E-state index in [0.29, 0.717) is 19.7 Å². The molecule has 0 saturated carbocycles. The maximum atomic E-state index is 6.15. The SMILES string of the molecule is CCOc1cc(CNCc2ccccc2Cl)cc(Br)c1OC. The van der Waals surface area contributed by atoms with Gasteiger partial charge in [0.25, 0.3) is 0 Å². The van der Waals surface area contributed by atoms with E-state index in [2.05, 4.69) is 21.2 Å². The molecular formula is C17H19BrClNO2. The quantitative estimate of drug-likeness (QED) is 0.744. The summed E-state index contributed by atoms with van der Waals surface area (Å²) < 4.78 is 11.9. The molecule has 22 heavy (non-hydrogen) atoms. The maximum absolute atomic E-state index is 6.15. The van der Waals surface area contributed by atoms with Crippen molar-refractivity contribution in [3.05, 3.63) is 57.0 Å². The van der Waals surface area contributed by atoms with Crippen LogP contribution in [0.3, 0.4) is 0 Å². The Bertz CT molecular complexity index is 634. The van der Waals surface area contributed by atoms with Crippen molar-refractivity contribution in [3.8, 4) is 11.5 Å². The topological polar surface area (TPSA) is 30.5 Å². The fraction of sp³-hybridized carbons (Fsp3) is 0.294. The van der Waals surface area contributed by atoms with Gasteiger partial charge in [0.15, 0.2) is 11.5 Å². The molecular weight excluding hydrogens is 366 g/mol. The van der Waals surface area contributed by atoms with E-state index in [1.54, 1.807) is 7.11 Å². The smallest absolute Gasteiger partial charge is 0.174 e. The second-order valence-electron chi connectivity index (χ2n) is 4.74. The zero-order chi connectivity index (χ0) is 15.9. The number of benzene rings is 2. The number of halogens is 2. The van der Waals surface area contributed by atoms with Gasteiger partial charge in [-0.3, -0.25) is 0 Å². The van der Waals surface area contributed by atoms with E-state index < -0.39 is 0 Å². The lowest BCUT2D eigenvalue weighted by atomic mass is 10.2. The van der Waals surface area contributed by atoms with Crippen molar-refractivity contribution in [2.24, 2.45) is 0 Å². The molecule has 0 aromatic heterocycles. The molecule has 2 rings (SSSR count). The van der Waals surface area contributed by atoms with Crippen LogP contribution in [0.1, 0.15) is 18.1 Å². The summed E-state index contributed by atoms with van der Waals surface area (Å²) in [6.07, 6.45) is 0. The predicted octanol–water partition coefficient (Wildman–Crippen LogP) is 4.80. The van der Waals surface area contributed by atoms with Crippen molar-refractivity contribution in [3.63, 3.8) is 0 Å². The highest BCUT2D eigenvalue weighted by atomic mass is 79.9. The van der Waals surface area contributed by atoms with E-state index in [4.69, 9.17) is 21.1 Å². The first-order valence-corrected chi connectivity index (χ1v) is 8.26. The van der Waals surface area contributed by atoms with Crippen molar-refractivity contribution >= 4 is 27.5 Å². The van der Waals surface area contributed by atoms with Crippen molar-refractivity contribution in [2.45, 2.75) is 20.0 Å². The molecule has 0 spiro atoms. The molecule has 0 aliphatic rings. The van der Waals surface area contributed by atoms with Crippen LogP contribution in [0.5, 0.6) is 11.5 Å². The molecule has 0 bridgehead atoms. The Hall–Kier alpha value is -1.23. The Morgan fingerprint density at radius 3 is 2.64 bits per heavy atom. The van der Waals surface area contributed by atoms with Crippen molar-refractivity contribution in [1.29, 1.82) is 0 Å². The highest BCUT2D eigenvalue weighted by Crippen LogP contribution is 2.36. The predicted molar refractivity (Wildman–Crippen MR) is 93.9 cm³/mol. The summed E-state index contributed by atoms with van der Waals surface area (Å²) in [4.78, 5) is 0. The molecule has 0 aliphatic carbocycles. The van der Waals surface area contributed by atoms with Gasteiger partial charge in [0.05, 0.1) is 18.2 Å². The zero-order valence-electron chi connectivity index (χ0n) is 12.7. The van der Waals surface area contributed by atoms with E-state index in [9.17, 15) is 0 Å². The molecule has 0 fully saturated rings. The largest absolute Gasteiger partial charge is 0.492 e. The van der Waals surface area contributed by atoms with Crippen molar-refractivity contribution in [1.82, 2.24) is 5.32 Å². The Labute approximate surface area is 144 Å². The third-order valence-corrected chi connectivity index (χ3v) is 4.13. The number of rotatable bonds is 7. The van der Waals surface area contributed by atoms with Crippen molar-refractivity contribution < 1.29 is 9.47 Å². The van der Waals surface area contributed by atoms with Crippen LogP contribution in [-0.4, -0.2) is 13.7 Å². The summed E-state index contributed by atoms with van der Waals surface area (Å²) in [5.41, 5.74) is 2.20. The minimum absolute atomic E-state index is 0.597. The number of ether oxygens (including phenoxy) is 2. The molecule has 0 amide bonds. The minimum atomic E-state index is 0.597. The van der Waals surface area contributed by atoms with Crippen LogP contribution in [0.25, 0.3) is 0 Å². The van der Waals surface area contributed by atoms with Gasteiger partial charge in [-0.2, -0.15) is 0 Å². The Morgan fingerprint density at radius 1 is 1.18 bits per heavy atom. The third kappa shape index (κ3) is 4.38. The molecule has 0 atom stereocenters. The van der Waals surface area contributed by atoms with Crippen LogP contribution < -0.4 is 14.8 Å². The first kappa shape index (κ1) is 17.1. The van der Waals surface area contributed by atoms with Gasteiger partial charge in [0, 0.05) is 18.1 Å². The Kier molecular flexibility index (Phi) is 6.55. The summed E-state index contributed by atoms with van der Waals surface area (Å²) in [6, 6.07) is 11.9. The zero-order valence-corrected chi connectivity index (χ0v) is 15.0. The summed E-state index contributed by atoms with van der Waals surface area (Å²) in [7, 11) is 1.64. The normalized spacial score (nSPS) is 10.5. The fourth-order valence-corrected chi connectivity index (χ4v) is 3.02. The van der Waals surface area contributed by atoms with Crippen molar-refractivity contribution in [2.75, 3.05) is 13.7 Å². The standard InChI is InChI=1S/C17H19BrClNO2/c1-3-22-16-9-12(8-14(18)17(16)21-2)10-20-11-13-6-4-5-7-15(13)19/h4-9,20H,3,10-11H2,1-2H3. The van der Waals surface area contributed by atoms with E-state index in [-0.39, 0.29) is 0 Å². The molecule has 3 nitrogen and oxygen atoms in total. The second-order valence-corrected chi connectivity index (χ2v) is 6.00. The number of nitrogens with one attached hydrogen (secondary N) is 1. The van der Waals surface area contributed by atoms with Gasteiger partial charge in [-0.15, -0.1) is 0 Å². The van der Waals surface area contributed by atoms with E-state index in [0.717, 1.165) is 32.1 Å². The van der Waals surface area contributed by atoms with Gasteiger partial charge in [0.1, 0.15) is 0 Å². The molecule has 118 valence electrons. The Balaban J connectivity index is 2.05. The number of hydrogen-bond acceptors (Lipinski definition) is 3. The van der Waals surface area contributed by atoms with Crippen LogP contribution >= 0.6 is 27.5 Å². The lowest BCUT2D eigenvalue weighted by molar-refractivity contribution is 0.309. The molecule has 5 heteroatoms. The van der Waals surface area contributed by atoms with E-state index in [1.165, 1.54) is 0 Å². The highest BCUT2D eigenvalue weighted by molar-refractivity contribution is 9.10. The lowest BCUT2D eigenvalue weighted by Crippen LogP contribution is -2.13. The molecule has 0 heterocycles. The van der Waals surface area contributed by atoms with Crippen LogP contribution in [0, 0.1) is 0 Å². The minimum Gasteiger partial charge on any atom is -0.492 e. The first-order chi connectivity index (χ1) is 10.7. The molecule has 0 saturated heterocycles. The molecule has 0 unspecified atom stereocenters. The summed E-state index contributed by atoms with van der Waals surface area (Å²) in [5.74, 6) is 1.46. The van der Waals surface area contributed by atoms with Crippen LogP contribution in [0.2, 0.25) is 5.02 Å². The number of hydrogen-bond donors (Lipinski definition) is 1. The van der Waals surface area contributed by atoms with Crippen LogP contribution in [0.4, 0.5) is 0 Å². The second kappa shape index (κ2) is 8.42. The van der Waals surface area contributed by atoms with Gasteiger partial charge in [0.2, 0.25) is 0 Å². The van der Waals surface area contributed by atoms with Crippen LogP contribution in [0.15, 0.2) is 40.9 Å². The maximum Gasteiger partial charge on any atom is 0.174 e. The molecule has 2 aromatic carbocycles. The molecule has 0 aliphatic heterocycles.